The zero-order valence-electron chi connectivity index (χ0n) is 10.4. The number of aromatic amines is 1. The number of ketones is 1. The number of nitrogens with two attached hydrogens (primary N) is 1. The molecule has 0 aliphatic carbocycles. The van der Waals surface area contributed by atoms with Crippen molar-refractivity contribution >= 4 is 22.8 Å². The first kappa shape index (κ1) is 11.6. The lowest BCUT2D eigenvalue weighted by Gasteiger charge is -2.07. The number of hydrogen-bond donors (Lipinski definition) is 2. The van der Waals surface area contributed by atoms with Crippen LogP contribution in [-0.2, 0) is 0 Å². The van der Waals surface area contributed by atoms with E-state index in [1.165, 1.54) is 0 Å². The van der Waals surface area contributed by atoms with Crippen LogP contribution in [0.1, 0.15) is 36.2 Å². The molecule has 0 aliphatic heterocycles. The zero-order chi connectivity index (χ0) is 12.6. The third kappa shape index (κ3) is 2.16. The monoisotopic (exact) mass is 231 g/mol. The Kier molecular flexibility index (Phi) is 2.88. The Bertz CT molecular complexity index is 569. The second-order valence-electron chi connectivity index (χ2n) is 4.80. The molecule has 0 fully saturated rings. The summed E-state index contributed by atoms with van der Waals surface area (Å²) < 4.78 is 0. The van der Waals surface area contributed by atoms with Gasteiger partial charge in [0, 0.05) is 12.0 Å². The first-order valence-electron chi connectivity index (χ1n) is 5.77. The minimum atomic E-state index is 0.134. The molecule has 2 rings (SSSR count). The molecular formula is C13H17N3O. The Balaban J connectivity index is 2.58. The molecule has 2 aromatic rings. The number of anilines is 1. The van der Waals surface area contributed by atoms with Gasteiger partial charge in [0.2, 0.25) is 0 Å². The largest absolute Gasteiger partial charge is 0.369 e. The molecule has 0 atom stereocenters. The number of carbonyl (C=O) groups excluding carboxylic acids is 1. The molecule has 90 valence electrons. The maximum atomic E-state index is 12.2. The number of imidazole rings is 1. The van der Waals surface area contributed by atoms with Crippen molar-refractivity contribution in [3.05, 3.63) is 23.3 Å². The van der Waals surface area contributed by atoms with Crippen molar-refractivity contribution in [2.24, 2.45) is 5.92 Å². The zero-order valence-corrected chi connectivity index (χ0v) is 10.4. The molecule has 0 amide bonds. The van der Waals surface area contributed by atoms with E-state index >= 15 is 0 Å². The molecule has 0 radical (unpaired) electrons. The first-order valence-corrected chi connectivity index (χ1v) is 5.77. The number of nitrogens with one attached hydrogen (secondary N) is 1. The minimum Gasteiger partial charge on any atom is -0.369 e. The fourth-order valence-electron chi connectivity index (χ4n) is 2.02. The Hall–Kier alpha value is -1.84. The summed E-state index contributed by atoms with van der Waals surface area (Å²) in [5.74, 6) is 0.826. The lowest BCUT2D eigenvalue weighted by molar-refractivity contribution is 0.0969. The average molecular weight is 231 g/mol. The summed E-state index contributed by atoms with van der Waals surface area (Å²) in [5, 5.41) is 0. The molecule has 0 spiro atoms. The highest BCUT2D eigenvalue weighted by atomic mass is 16.1. The Morgan fingerprint density at radius 3 is 2.82 bits per heavy atom. The Labute approximate surface area is 100 Å². The van der Waals surface area contributed by atoms with E-state index in [9.17, 15) is 4.79 Å². The molecular weight excluding hydrogens is 214 g/mol. The second kappa shape index (κ2) is 4.20. The molecule has 3 N–H and O–H groups in total. The number of nitrogen functional groups attached to an aromatic ring is 1. The molecule has 0 saturated carbocycles. The van der Waals surface area contributed by atoms with Gasteiger partial charge in [-0.05, 0) is 24.5 Å². The second-order valence-corrected chi connectivity index (χ2v) is 4.80. The van der Waals surface area contributed by atoms with Gasteiger partial charge in [-0.15, -0.1) is 0 Å². The Morgan fingerprint density at radius 1 is 1.47 bits per heavy atom. The van der Waals surface area contributed by atoms with Gasteiger partial charge in [0.05, 0.1) is 5.52 Å². The van der Waals surface area contributed by atoms with Gasteiger partial charge in [-0.3, -0.25) is 4.79 Å². The Morgan fingerprint density at radius 2 is 2.18 bits per heavy atom. The predicted molar refractivity (Wildman–Crippen MR) is 69.0 cm³/mol. The van der Waals surface area contributed by atoms with Crippen LogP contribution in [-0.4, -0.2) is 15.8 Å². The molecule has 0 saturated heterocycles. The normalized spacial score (nSPS) is 11.3. The lowest BCUT2D eigenvalue weighted by atomic mass is 9.96. The van der Waals surface area contributed by atoms with Gasteiger partial charge in [0.25, 0.3) is 0 Å². The van der Waals surface area contributed by atoms with Crippen molar-refractivity contribution in [3.63, 3.8) is 0 Å². The number of hydrogen-bond acceptors (Lipinski definition) is 3. The number of carbonyl (C=O) groups is 1. The van der Waals surface area contributed by atoms with E-state index < -0.39 is 0 Å². The molecule has 0 aliphatic rings. The van der Waals surface area contributed by atoms with E-state index in [1.807, 2.05) is 32.9 Å². The van der Waals surface area contributed by atoms with Crippen LogP contribution < -0.4 is 5.73 Å². The summed E-state index contributed by atoms with van der Waals surface area (Å²) >= 11 is 0. The fourth-order valence-corrected chi connectivity index (χ4v) is 2.02. The van der Waals surface area contributed by atoms with Gasteiger partial charge < -0.3 is 10.7 Å². The van der Waals surface area contributed by atoms with Crippen LogP contribution in [0, 0.1) is 12.8 Å². The van der Waals surface area contributed by atoms with E-state index in [4.69, 9.17) is 5.73 Å². The van der Waals surface area contributed by atoms with Crippen LogP contribution >= 0.6 is 0 Å². The number of rotatable bonds is 3. The van der Waals surface area contributed by atoms with E-state index in [0.29, 0.717) is 29.4 Å². The lowest BCUT2D eigenvalue weighted by Crippen LogP contribution is -2.06. The van der Waals surface area contributed by atoms with E-state index in [-0.39, 0.29) is 5.78 Å². The number of H-pyrrole nitrogens is 1. The van der Waals surface area contributed by atoms with Gasteiger partial charge in [-0.2, -0.15) is 0 Å². The van der Waals surface area contributed by atoms with Crippen molar-refractivity contribution in [2.45, 2.75) is 27.2 Å². The summed E-state index contributed by atoms with van der Waals surface area (Å²) in [6.07, 6.45) is 0.534. The average Bonchev–Trinajstić information content (AvgIpc) is 2.56. The highest BCUT2D eigenvalue weighted by Crippen LogP contribution is 2.23. The molecule has 4 heteroatoms. The van der Waals surface area contributed by atoms with Crippen LogP contribution in [0.25, 0.3) is 11.0 Å². The summed E-state index contributed by atoms with van der Waals surface area (Å²) in [6, 6.07) is 3.83. The maximum absolute atomic E-state index is 12.2. The number of aryl methyl sites for hydroxylation is 1. The third-order valence-electron chi connectivity index (χ3n) is 2.75. The van der Waals surface area contributed by atoms with Crippen LogP contribution in [0.15, 0.2) is 12.1 Å². The van der Waals surface area contributed by atoms with E-state index in [1.54, 1.807) is 0 Å². The molecule has 17 heavy (non-hydrogen) atoms. The van der Waals surface area contributed by atoms with Crippen LogP contribution in [0.3, 0.4) is 0 Å². The summed E-state index contributed by atoms with van der Waals surface area (Å²) in [4.78, 5) is 19.4. The van der Waals surface area contributed by atoms with Crippen molar-refractivity contribution in [2.75, 3.05) is 5.73 Å². The SMILES string of the molecule is Cc1ccc2[nH]c(N)nc2c1C(=O)CC(C)C. The number of Topliss-reactive ketones (excluding diaryl/α,β-unsaturated/α-hetero) is 1. The quantitative estimate of drug-likeness (QED) is 0.798. The number of benzene rings is 1. The minimum absolute atomic E-state index is 0.134. The highest BCUT2D eigenvalue weighted by molar-refractivity contribution is 6.07. The topological polar surface area (TPSA) is 71.8 Å². The fraction of sp³-hybridized carbons (Fsp3) is 0.385. The van der Waals surface area contributed by atoms with Gasteiger partial charge >= 0.3 is 0 Å². The van der Waals surface area contributed by atoms with Crippen LogP contribution in [0.4, 0.5) is 5.95 Å². The highest BCUT2D eigenvalue weighted by Gasteiger charge is 2.16. The summed E-state index contributed by atoms with van der Waals surface area (Å²) in [7, 11) is 0. The summed E-state index contributed by atoms with van der Waals surface area (Å²) in [5.41, 5.74) is 8.79. The number of aromatic nitrogens is 2. The maximum Gasteiger partial charge on any atom is 0.198 e. The van der Waals surface area contributed by atoms with Crippen molar-refractivity contribution in [1.82, 2.24) is 9.97 Å². The van der Waals surface area contributed by atoms with Gasteiger partial charge in [-0.25, -0.2) is 4.98 Å². The predicted octanol–water partition coefficient (Wildman–Crippen LogP) is 2.68. The third-order valence-corrected chi connectivity index (χ3v) is 2.75. The molecule has 1 aromatic carbocycles. The standard InChI is InChI=1S/C13H17N3O/c1-7(2)6-10(17)11-8(3)4-5-9-12(11)16-13(14)15-9/h4-5,7H,6H2,1-3H3,(H3,14,15,16). The van der Waals surface area contributed by atoms with Crippen LogP contribution in [0.5, 0.6) is 0 Å². The van der Waals surface area contributed by atoms with Crippen molar-refractivity contribution in [3.8, 4) is 0 Å². The van der Waals surface area contributed by atoms with E-state index in [2.05, 4.69) is 9.97 Å². The smallest absolute Gasteiger partial charge is 0.198 e. The number of nitrogens with zero attached hydrogens (tertiary/aromatic N) is 1. The van der Waals surface area contributed by atoms with Crippen LogP contribution in [0.2, 0.25) is 0 Å². The van der Waals surface area contributed by atoms with Gasteiger partial charge in [0.1, 0.15) is 5.52 Å². The van der Waals surface area contributed by atoms with Crippen molar-refractivity contribution < 1.29 is 4.79 Å². The first-order chi connectivity index (χ1) is 7.99. The van der Waals surface area contributed by atoms with Crippen molar-refractivity contribution in [1.29, 1.82) is 0 Å². The molecule has 1 aromatic heterocycles. The van der Waals surface area contributed by atoms with Gasteiger partial charge in [0.15, 0.2) is 11.7 Å². The number of fused-ring (bicyclic) bond motifs is 1. The van der Waals surface area contributed by atoms with E-state index in [0.717, 1.165) is 11.1 Å². The molecule has 1 heterocycles. The summed E-state index contributed by atoms with van der Waals surface area (Å²) in [6.45, 7) is 6.00. The molecule has 0 unspecified atom stereocenters. The molecule has 0 bridgehead atoms. The van der Waals surface area contributed by atoms with Gasteiger partial charge in [-0.1, -0.05) is 19.9 Å². The molecule has 4 nitrogen and oxygen atoms in total.